The zero-order valence-corrected chi connectivity index (χ0v) is 17.3. The minimum Gasteiger partial charge on any atom is -0.465 e. The normalized spacial score (nSPS) is 10.9. The van der Waals surface area contributed by atoms with Gasteiger partial charge in [0.05, 0.1) is 12.7 Å². The van der Waals surface area contributed by atoms with Crippen molar-refractivity contribution in [1.82, 2.24) is 15.1 Å². The van der Waals surface area contributed by atoms with Crippen molar-refractivity contribution in [2.75, 3.05) is 12.4 Å². The minimum absolute atomic E-state index is 0.141. The number of nitrogens with one attached hydrogen (secondary N) is 1. The summed E-state index contributed by atoms with van der Waals surface area (Å²) in [4.78, 5) is 33.0. The van der Waals surface area contributed by atoms with Crippen LogP contribution in [0.2, 0.25) is 0 Å². The Labute approximate surface area is 172 Å². The number of rotatable bonds is 8. The summed E-state index contributed by atoms with van der Waals surface area (Å²) in [5, 5.41) is 9.08. The number of nitrogens with zero attached hydrogens (tertiary/aromatic N) is 3. The third-order valence-electron chi connectivity index (χ3n) is 4.07. The summed E-state index contributed by atoms with van der Waals surface area (Å²) in [6.45, 7) is 4.14. The lowest BCUT2D eigenvalue weighted by atomic mass is 10.0. The van der Waals surface area contributed by atoms with Gasteiger partial charge in [-0.05, 0) is 35.4 Å². The molecule has 0 fully saturated rings. The van der Waals surface area contributed by atoms with Gasteiger partial charge in [0.15, 0.2) is 0 Å². The van der Waals surface area contributed by atoms with Crippen molar-refractivity contribution in [3.8, 4) is 11.5 Å². The zero-order chi connectivity index (χ0) is 20.8. The number of pyridine rings is 1. The maximum atomic E-state index is 12.4. The summed E-state index contributed by atoms with van der Waals surface area (Å²) >= 11 is 1.32. The number of hydrogen-bond acceptors (Lipinski definition) is 8. The average Bonchev–Trinajstić information content (AvgIpc) is 3.33. The van der Waals surface area contributed by atoms with E-state index in [4.69, 9.17) is 9.26 Å². The Morgan fingerprint density at radius 2 is 2.14 bits per heavy atom. The minimum atomic E-state index is -0.450. The molecule has 8 nitrogen and oxygen atoms in total. The van der Waals surface area contributed by atoms with Crippen LogP contribution in [0.25, 0.3) is 11.5 Å². The third kappa shape index (κ3) is 5.26. The number of aryl methyl sites for hydroxylation is 1. The fraction of sp³-hybridized carbons (Fsp3) is 0.350. The zero-order valence-electron chi connectivity index (χ0n) is 16.5. The first kappa shape index (κ1) is 20.7. The molecule has 3 rings (SSSR count). The van der Waals surface area contributed by atoms with E-state index in [9.17, 15) is 9.59 Å². The summed E-state index contributed by atoms with van der Waals surface area (Å²) in [5.74, 6) is 0.411. The van der Waals surface area contributed by atoms with Gasteiger partial charge < -0.3 is 14.6 Å². The van der Waals surface area contributed by atoms with Gasteiger partial charge in [-0.2, -0.15) is 4.98 Å². The van der Waals surface area contributed by atoms with Crippen LogP contribution >= 0.6 is 11.3 Å². The molecule has 3 heterocycles. The van der Waals surface area contributed by atoms with Crippen LogP contribution in [-0.4, -0.2) is 34.1 Å². The van der Waals surface area contributed by atoms with Crippen LogP contribution in [0.5, 0.6) is 0 Å². The molecular weight excluding hydrogens is 392 g/mol. The molecule has 29 heavy (non-hydrogen) atoms. The number of methoxy groups -OCH3 is 1. The standard InChI is InChI=1S/C20H22N4O4S/c1-12(2)10-13-11-29-19(17(13)20(26)27-3)22-15(25)7-8-16-23-18(24-28-16)14-6-4-5-9-21-14/h4-6,9,11-12H,7-8,10H2,1-3H3,(H,22,25). The Morgan fingerprint density at radius 3 is 2.83 bits per heavy atom. The van der Waals surface area contributed by atoms with E-state index in [2.05, 4.69) is 34.3 Å². The number of aromatic nitrogens is 3. The molecule has 3 aromatic heterocycles. The molecule has 0 saturated carbocycles. The molecule has 0 aromatic carbocycles. The Balaban J connectivity index is 1.63. The van der Waals surface area contributed by atoms with Crippen LogP contribution < -0.4 is 5.32 Å². The number of esters is 1. The second-order valence-electron chi connectivity index (χ2n) is 6.83. The Morgan fingerprint density at radius 1 is 1.31 bits per heavy atom. The highest BCUT2D eigenvalue weighted by Gasteiger charge is 2.22. The first-order valence-electron chi connectivity index (χ1n) is 9.20. The molecule has 0 bridgehead atoms. The van der Waals surface area contributed by atoms with E-state index in [1.807, 2.05) is 11.4 Å². The summed E-state index contributed by atoms with van der Waals surface area (Å²) in [6.07, 6.45) is 2.80. The van der Waals surface area contributed by atoms with Crippen molar-refractivity contribution < 1.29 is 18.8 Å². The van der Waals surface area contributed by atoms with Crippen LogP contribution in [0.3, 0.4) is 0 Å². The van der Waals surface area contributed by atoms with Gasteiger partial charge in [0.1, 0.15) is 10.7 Å². The monoisotopic (exact) mass is 414 g/mol. The molecule has 0 spiro atoms. The molecule has 0 saturated heterocycles. The van der Waals surface area contributed by atoms with Gasteiger partial charge in [-0.25, -0.2) is 4.79 Å². The van der Waals surface area contributed by atoms with Gasteiger partial charge in [-0.15, -0.1) is 11.3 Å². The number of thiophene rings is 1. The third-order valence-corrected chi connectivity index (χ3v) is 5.01. The second-order valence-corrected chi connectivity index (χ2v) is 7.71. The molecule has 0 aliphatic heterocycles. The van der Waals surface area contributed by atoms with E-state index in [-0.39, 0.29) is 18.7 Å². The maximum Gasteiger partial charge on any atom is 0.341 e. The van der Waals surface area contributed by atoms with Gasteiger partial charge >= 0.3 is 5.97 Å². The van der Waals surface area contributed by atoms with E-state index < -0.39 is 5.97 Å². The number of carbonyl (C=O) groups is 2. The fourth-order valence-electron chi connectivity index (χ4n) is 2.77. The van der Waals surface area contributed by atoms with Crippen LogP contribution in [0.15, 0.2) is 34.3 Å². The predicted octanol–water partition coefficient (Wildman–Crippen LogP) is 3.75. The van der Waals surface area contributed by atoms with Crippen LogP contribution in [0.4, 0.5) is 5.00 Å². The van der Waals surface area contributed by atoms with Crippen molar-refractivity contribution in [2.45, 2.75) is 33.1 Å². The van der Waals surface area contributed by atoms with Crippen LogP contribution in [-0.2, 0) is 22.4 Å². The smallest absolute Gasteiger partial charge is 0.341 e. The number of carbonyl (C=O) groups excluding carboxylic acids is 2. The van der Waals surface area contributed by atoms with Crippen molar-refractivity contribution in [3.63, 3.8) is 0 Å². The molecule has 0 aliphatic rings. The van der Waals surface area contributed by atoms with E-state index in [1.54, 1.807) is 18.3 Å². The largest absolute Gasteiger partial charge is 0.465 e. The molecule has 0 atom stereocenters. The van der Waals surface area contributed by atoms with E-state index >= 15 is 0 Å². The summed E-state index contributed by atoms with van der Waals surface area (Å²) in [5.41, 5.74) is 1.91. The van der Waals surface area contributed by atoms with Gasteiger partial charge in [0.2, 0.25) is 17.6 Å². The highest BCUT2D eigenvalue weighted by molar-refractivity contribution is 7.15. The maximum absolute atomic E-state index is 12.4. The Bertz CT molecular complexity index is 982. The van der Waals surface area contributed by atoms with E-state index in [0.717, 1.165) is 12.0 Å². The van der Waals surface area contributed by atoms with Crippen molar-refractivity contribution in [1.29, 1.82) is 0 Å². The first-order valence-corrected chi connectivity index (χ1v) is 10.1. The number of anilines is 1. The molecular formula is C20H22N4O4S. The summed E-state index contributed by atoms with van der Waals surface area (Å²) < 4.78 is 10.1. The molecule has 0 radical (unpaired) electrons. The van der Waals surface area contributed by atoms with Gasteiger partial charge in [-0.3, -0.25) is 9.78 Å². The highest BCUT2D eigenvalue weighted by atomic mass is 32.1. The topological polar surface area (TPSA) is 107 Å². The van der Waals surface area contributed by atoms with E-state index in [1.165, 1.54) is 18.4 Å². The molecule has 3 aromatic rings. The molecule has 0 unspecified atom stereocenters. The number of ether oxygens (including phenoxy) is 1. The Kier molecular flexibility index (Phi) is 6.71. The first-order chi connectivity index (χ1) is 14.0. The quantitative estimate of drug-likeness (QED) is 0.559. The lowest BCUT2D eigenvalue weighted by Gasteiger charge is -2.08. The van der Waals surface area contributed by atoms with Gasteiger partial charge in [-0.1, -0.05) is 25.1 Å². The van der Waals surface area contributed by atoms with Crippen molar-refractivity contribution >= 4 is 28.2 Å². The molecule has 152 valence electrons. The molecule has 9 heteroatoms. The second kappa shape index (κ2) is 9.42. The van der Waals surface area contributed by atoms with Crippen LogP contribution in [0.1, 0.15) is 42.1 Å². The van der Waals surface area contributed by atoms with Crippen molar-refractivity contribution in [2.24, 2.45) is 5.92 Å². The number of hydrogen-bond donors (Lipinski definition) is 1. The molecule has 0 aliphatic carbocycles. The number of amides is 1. The highest BCUT2D eigenvalue weighted by Crippen LogP contribution is 2.31. The van der Waals surface area contributed by atoms with Crippen LogP contribution in [0, 0.1) is 5.92 Å². The van der Waals surface area contributed by atoms with Crippen molar-refractivity contribution in [3.05, 3.63) is 46.8 Å². The van der Waals surface area contributed by atoms with Gasteiger partial charge in [0.25, 0.3) is 0 Å². The average molecular weight is 414 g/mol. The van der Waals surface area contributed by atoms with Gasteiger partial charge in [0, 0.05) is 19.0 Å². The lowest BCUT2D eigenvalue weighted by Crippen LogP contribution is -2.15. The summed E-state index contributed by atoms with van der Waals surface area (Å²) in [7, 11) is 1.33. The molecule has 1 amide bonds. The SMILES string of the molecule is COC(=O)c1c(CC(C)C)csc1NC(=O)CCc1nc(-c2ccccn2)no1. The lowest BCUT2D eigenvalue weighted by molar-refractivity contribution is -0.116. The Hall–Kier alpha value is -3.07. The fourth-order valence-corrected chi connectivity index (χ4v) is 3.75. The van der Waals surface area contributed by atoms with E-state index in [0.29, 0.717) is 33.9 Å². The predicted molar refractivity (Wildman–Crippen MR) is 109 cm³/mol. The summed E-state index contributed by atoms with van der Waals surface area (Å²) in [6, 6.07) is 5.41. The molecule has 1 N–H and O–H groups in total.